The van der Waals surface area contributed by atoms with Gasteiger partial charge in [0.15, 0.2) is 0 Å². The van der Waals surface area contributed by atoms with Crippen LogP contribution in [-0.4, -0.2) is 11.5 Å². The first-order valence-corrected chi connectivity index (χ1v) is 6.64. The first-order valence-electron chi connectivity index (χ1n) is 5.84. The summed E-state index contributed by atoms with van der Waals surface area (Å²) in [7, 11) is 0. The lowest BCUT2D eigenvalue weighted by molar-refractivity contribution is -0.385. The zero-order valence-electron chi connectivity index (χ0n) is 9.49. The van der Waals surface area contributed by atoms with Crippen LogP contribution in [0, 0.1) is 16.0 Å². The van der Waals surface area contributed by atoms with Crippen molar-refractivity contribution >= 4 is 27.3 Å². The maximum atomic E-state index is 10.8. The van der Waals surface area contributed by atoms with Crippen LogP contribution in [0.15, 0.2) is 22.7 Å². The van der Waals surface area contributed by atoms with Gasteiger partial charge in [-0.25, -0.2) is 0 Å². The van der Waals surface area contributed by atoms with E-state index in [2.05, 4.69) is 21.2 Å². The molecular formula is C12H15BrN2O2. The number of nitro benzene ring substituents is 1. The predicted octanol–water partition coefficient (Wildman–Crippen LogP) is 3.96. The van der Waals surface area contributed by atoms with E-state index >= 15 is 0 Å². The highest BCUT2D eigenvalue weighted by atomic mass is 79.9. The standard InChI is InChI=1S/C12H15BrN2O2/c13-11-6-5-10(7-12(11)15(16)17)14-8-9-3-1-2-4-9/h5-7,9,14H,1-4,8H2. The fraction of sp³-hybridized carbons (Fsp3) is 0.500. The minimum absolute atomic E-state index is 0.112. The molecule has 0 unspecified atom stereocenters. The van der Waals surface area contributed by atoms with Gasteiger partial charge < -0.3 is 5.32 Å². The summed E-state index contributed by atoms with van der Waals surface area (Å²) in [5, 5.41) is 14.1. The zero-order chi connectivity index (χ0) is 12.3. The van der Waals surface area contributed by atoms with Gasteiger partial charge in [-0.05, 0) is 46.8 Å². The molecule has 1 aliphatic rings. The average molecular weight is 299 g/mol. The number of rotatable bonds is 4. The van der Waals surface area contributed by atoms with Crippen LogP contribution in [0.3, 0.4) is 0 Å². The van der Waals surface area contributed by atoms with E-state index in [1.807, 2.05) is 6.07 Å². The Labute approximate surface area is 109 Å². The van der Waals surface area contributed by atoms with E-state index in [1.165, 1.54) is 25.7 Å². The number of nitrogens with zero attached hydrogens (tertiary/aromatic N) is 1. The van der Waals surface area contributed by atoms with Gasteiger partial charge >= 0.3 is 0 Å². The van der Waals surface area contributed by atoms with Crippen LogP contribution >= 0.6 is 15.9 Å². The van der Waals surface area contributed by atoms with E-state index in [4.69, 9.17) is 0 Å². The molecule has 2 rings (SSSR count). The van der Waals surface area contributed by atoms with Gasteiger partial charge in [-0.3, -0.25) is 10.1 Å². The molecule has 1 aromatic carbocycles. The first kappa shape index (κ1) is 12.4. The summed E-state index contributed by atoms with van der Waals surface area (Å²) < 4.78 is 0.522. The van der Waals surface area contributed by atoms with Crippen LogP contribution < -0.4 is 5.32 Å². The van der Waals surface area contributed by atoms with Gasteiger partial charge in [-0.15, -0.1) is 0 Å². The van der Waals surface area contributed by atoms with Crippen molar-refractivity contribution in [3.63, 3.8) is 0 Å². The lowest BCUT2D eigenvalue weighted by atomic mass is 10.1. The molecular weight excluding hydrogens is 284 g/mol. The third kappa shape index (κ3) is 3.19. The van der Waals surface area contributed by atoms with Gasteiger partial charge in [0.05, 0.1) is 9.40 Å². The number of nitrogens with one attached hydrogen (secondary N) is 1. The first-order chi connectivity index (χ1) is 8.16. The van der Waals surface area contributed by atoms with Gasteiger partial charge in [0.1, 0.15) is 0 Å². The Balaban J connectivity index is 2.00. The Kier molecular flexibility index (Phi) is 3.99. The van der Waals surface area contributed by atoms with Crippen LogP contribution in [0.2, 0.25) is 0 Å². The highest BCUT2D eigenvalue weighted by Crippen LogP contribution is 2.29. The maximum Gasteiger partial charge on any atom is 0.285 e. The van der Waals surface area contributed by atoms with Gasteiger partial charge in [-0.1, -0.05) is 12.8 Å². The molecule has 0 amide bonds. The molecule has 4 nitrogen and oxygen atoms in total. The third-order valence-electron chi connectivity index (χ3n) is 3.21. The molecule has 1 saturated carbocycles. The summed E-state index contributed by atoms with van der Waals surface area (Å²) in [5.41, 5.74) is 0.938. The van der Waals surface area contributed by atoms with Crippen molar-refractivity contribution in [2.45, 2.75) is 25.7 Å². The molecule has 0 saturated heterocycles. The molecule has 1 fully saturated rings. The Morgan fingerprint density at radius 3 is 2.76 bits per heavy atom. The fourth-order valence-electron chi connectivity index (χ4n) is 2.24. The van der Waals surface area contributed by atoms with E-state index in [1.54, 1.807) is 12.1 Å². The van der Waals surface area contributed by atoms with Crippen LogP contribution in [-0.2, 0) is 0 Å². The maximum absolute atomic E-state index is 10.8. The third-order valence-corrected chi connectivity index (χ3v) is 3.88. The van der Waals surface area contributed by atoms with Crippen molar-refractivity contribution < 1.29 is 4.92 Å². The molecule has 0 bridgehead atoms. The number of hydrogen-bond acceptors (Lipinski definition) is 3. The quantitative estimate of drug-likeness (QED) is 0.676. The molecule has 0 aromatic heterocycles. The van der Waals surface area contributed by atoms with E-state index in [-0.39, 0.29) is 10.6 Å². The van der Waals surface area contributed by atoms with Crippen LogP contribution in [0.4, 0.5) is 11.4 Å². The smallest absolute Gasteiger partial charge is 0.285 e. The summed E-state index contributed by atoms with van der Waals surface area (Å²) in [4.78, 5) is 10.4. The minimum Gasteiger partial charge on any atom is -0.385 e. The molecule has 1 aromatic rings. The van der Waals surface area contributed by atoms with E-state index in [9.17, 15) is 10.1 Å². The summed E-state index contributed by atoms with van der Waals surface area (Å²) in [6.45, 7) is 0.915. The molecule has 0 atom stereocenters. The van der Waals surface area contributed by atoms with E-state index < -0.39 is 0 Å². The normalized spacial score (nSPS) is 16.1. The topological polar surface area (TPSA) is 55.2 Å². The Morgan fingerprint density at radius 2 is 2.12 bits per heavy atom. The molecule has 1 aliphatic carbocycles. The van der Waals surface area contributed by atoms with Crippen molar-refractivity contribution in [2.24, 2.45) is 5.92 Å². The molecule has 5 heteroatoms. The number of halogens is 1. The fourth-order valence-corrected chi connectivity index (χ4v) is 2.63. The van der Waals surface area contributed by atoms with Gasteiger partial charge in [0.2, 0.25) is 0 Å². The number of hydrogen-bond donors (Lipinski definition) is 1. The molecule has 0 aliphatic heterocycles. The summed E-state index contributed by atoms with van der Waals surface area (Å²) in [6, 6.07) is 5.17. The predicted molar refractivity (Wildman–Crippen MR) is 71.2 cm³/mol. The highest BCUT2D eigenvalue weighted by molar-refractivity contribution is 9.10. The Bertz CT molecular complexity index is 417. The van der Waals surface area contributed by atoms with Crippen LogP contribution in [0.1, 0.15) is 25.7 Å². The SMILES string of the molecule is O=[N+]([O-])c1cc(NCC2CCCC2)ccc1Br. The van der Waals surface area contributed by atoms with Gasteiger partial charge in [-0.2, -0.15) is 0 Å². The second-order valence-corrected chi connectivity index (χ2v) is 5.31. The van der Waals surface area contributed by atoms with Crippen molar-refractivity contribution in [2.75, 3.05) is 11.9 Å². The lowest BCUT2D eigenvalue weighted by Crippen LogP contribution is -2.10. The highest BCUT2D eigenvalue weighted by Gasteiger charge is 2.16. The molecule has 17 heavy (non-hydrogen) atoms. The van der Waals surface area contributed by atoms with E-state index in [0.717, 1.165) is 18.2 Å². The van der Waals surface area contributed by atoms with Gasteiger partial charge in [0, 0.05) is 18.3 Å². The van der Waals surface area contributed by atoms with Crippen molar-refractivity contribution in [1.82, 2.24) is 0 Å². The van der Waals surface area contributed by atoms with Crippen LogP contribution in [0.25, 0.3) is 0 Å². The monoisotopic (exact) mass is 298 g/mol. The zero-order valence-corrected chi connectivity index (χ0v) is 11.1. The molecule has 0 heterocycles. The number of benzene rings is 1. The van der Waals surface area contributed by atoms with E-state index in [0.29, 0.717) is 4.47 Å². The largest absolute Gasteiger partial charge is 0.385 e. The Morgan fingerprint density at radius 1 is 1.41 bits per heavy atom. The number of nitro groups is 1. The molecule has 1 N–H and O–H groups in total. The average Bonchev–Trinajstić information content (AvgIpc) is 2.80. The second-order valence-electron chi connectivity index (χ2n) is 4.45. The lowest BCUT2D eigenvalue weighted by Gasteiger charge is -2.11. The second kappa shape index (κ2) is 5.49. The Hall–Kier alpha value is -1.10. The summed E-state index contributed by atoms with van der Waals surface area (Å²) in [5.74, 6) is 0.720. The van der Waals surface area contributed by atoms with Gasteiger partial charge in [0.25, 0.3) is 5.69 Å². The molecule has 0 spiro atoms. The number of anilines is 1. The van der Waals surface area contributed by atoms with Crippen molar-refractivity contribution in [3.8, 4) is 0 Å². The summed E-state index contributed by atoms with van der Waals surface area (Å²) in [6.07, 6.45) is 5.16. The molecule has 0 radical (unpaired) electrons. The van der Waals surface area contributed by atoms with Crippen molar-refractivity contribution in [1.29, 1.82) is 0 Å². The minimum atomic E-state index is -0.370. The van der Waals surface area contributed by atoms with Crippen molar-refractivity contribution in [3.05, 3.63) is 32.8 Å². The molecule has 92 valence electrons. The summed E-state index contributed by atoms with van der Waals surface area (Å²) >= 11 is 3.18. The van der Waals surface area contributed by atoms with Crippen LogP contribution in [0.5, 0.6) is 0 Å².